The Morgan fingerprint density at radius 2 is 1.85 bits per heavy atom. The molecule has 2 N–H and O–H groups in total. The minimum absolute atomic E-state index is 0.0234. The number of aliphatic carboxylic acids is 1. The Hall–Kier alpha value is -3.22. The smallest absolute Gasteiger partial charge is 0.303 e. The maximum atomic E-state index is 12.6. The lowest BCUT2D eigenvalue weighted by atomic mass is 10.1. The van der Waals surface area contributed by atoms with E-state index in [0.29, 0.717) is 17.9 Å². The van der Waals surface area contributed by atoms with E-state index < -0.39 is 5.97 Å². The van der Waals surface area contributed by atoms with E-state index in [0.717, 1.165) is 12.0 Å². The summed E-state index contributed by atoms with van der Waals surface area (Å²) in [5.74, 6) is -0.842. The second kappa shape index (κ2) is 7.35. The van der Waals surface area contributed by atoms with E-state index in [1.165, 1.54) is 6.07 Å². The van der Waals surface area contributed by atoms with Gasteiger partial charge in [0.15, 0.2) is 11.1 Å². The molecule has 1 aromatic carbocycles. The van der Waals surface area contributed by atoms with Gasteiger partial charge in [-0.05, 0) is 25.3 Å². The van der Waals surface area contributed by atoms with Gasteiger partial charge in [-0.25, -0.2) is 9.50 Å². The molecule has 0 aliphatic heterocycles. The quantitative estimate of drug-likeness (QED) is 0.695. The third-order valence-corrected chi connectivity index (χ3v) is 4.13. The first-order chi connectivity index (χ1) is 12.5. The number of aryl methyl sites for hydroxylation is 3. The highest BCUT2D eigenvalue weighted by molar-refractivity contribution is 5.68. The number of aliphatic hydroxyl groups excluding tert-OH is 1. The van der Waals surface area contributed by atoms with Gasteiger partial charge in [0.25, 0.3) is 0 Å². The molecular formula is C19H19N3O4. The van der Waals surface area contributed by atoms with Crippen LogP contribution in [-0.2, 0) is 17.6 Å². The normalized spacial score (nSPS) is 12.3. The summed E-state index contributed by atoms with van der Waals surface area (Å²) in [6.07, 6.45) is 0.937. The van der Waals surface area contributed by atoms with Gasteiger partial charge in [0.2, 0.25) is 0 Å². The van der Waals surface area contributed by atoms with Crippen molar-refractivity contribution in [3.63, 3.8) is 0 Å². The Bertz CT molecular complexity index is 1060. The van der Waals surface area contributed by atoms with Crippen LogP contribution < -0.4 is 10.6 Å². The lowest BCUT2D eigenvalue weighted by Crippen LogP contribution is -2.31. The van der Waals surface area contributed by atoms with Crippen LogP contribution in [0, 0.1) is 6.92 Å². The number of hydrogen-bond acceptors (Lipinski definition) is 5. The highest BCUT2D eigenvalue weighted by atomic mass is 16.4. The second-order valence-electron chi connectivity index (χ2n) is 6.10. The van der Waals surface area contributed by atoms with Crippen LogP contribution >= 0.6 is 0 Å². The van der Waals surface area contributed by atoms with Gasteiger partial charge in [-0.1, -0.05) is 30.3 Å². The second-order valence-corrected chi connectivity index (χ2v) is 6.10. The van der Waals surface area contributed by atoms with Gasteiger partial charge in [0.1, 0.15) is 16.8 Å². The predicted molar refractivity (Wildman–Crippen MR) is 96.0 cm³/mol. The zero-order valence-corrected chi connectivity index (χ0v) is 14.3. The van der Waals surface area contributed by atoms with Crippen molar-refractivity contribution >= 4 is 17.4 Å². The van der Waals surface area contributed by atoms with Crippen molar-refractivity contribution in [2.75, 3.05) is 0 Å². The van der Waals surface area contributed by atoms with Crippen LogP contribution in [0.3, 0.4) is 0 Å². The van der Waals surface area contributed by atoms with Crippen LogP contribution in [-0.4, -0.2) is 30.8 Å². The maximum absolute atomic E-state index is 12.6. The molecule has 0 amide bonds. The summed E-state index contributed by atoms with van der Waals surface area (Å²) in [6, 6.07) is 11.3. The Morgan fingerprint density at radius 3 is 2.54 bits per heavy atom. The SMILES string of the molecule is Cc1nc2c(=C(O)CCC(=O)O)c(=O)cc(CCc3ccccc3)n2n1. The number of carboxylic acid groups (broad SMARTS) is 1. The fourth-order valence-electron chi connectivity index (χ4n) is 2.89. The molecule has 0 bridgehead atoms. The largest absolute Gasteiger partial charge is 0.511 e. The molecule has 0 saturated carbocycles. The van der Waals surface area contributed by atoms with Crippen LogP contribution in [0.4, 0.5) is 0 Å². The van der Waals surface area contributed by atoms with E-state index in [4.69, 9.17) is 5.11 Å². The van der Waals surface area contributed by atoms with Gasteiger partial charge >= 0.3 is 5.97 Å². The Labute approximate surface area is 149 Å². The number of aromatic nitrogens is 3. The molecule has 0 fully saturated rings. The third kappa shape index (κ3) is 3.72. The molecule has 0 atom stereocenters. The van der Waals surface area contributed by atoms with Crippen molar-refractivity contribution in [3.8, 4) is 0 Å². The minimum atomic E-state index is -1.04. The standard InChI is InChI=1S/C19H19N3O4/c1-12-20-19-18(15(23)9-10-17(25)26)16(24)11-14(22(19)21-12)8-7-13-5-3-2-4-6-13/h2-6,11,23H,7-10H2,1H3,(H,25,26). The fraction of sp³-hybridized carbons (Fsp3) is 0.263. The number of fused-ring (bicyclic) bond motifs is 1. The molecular weight excluding hydrogens is 334 g/mol. The average molecular weight is 353 g/mol. The summed E-state index contributed by atoms with van der Waals surface area (Å²) >= 11 is 0. The number of carbonyl (C=O) groups is 1. The van der Waals surface area contributed by atoms with Gasteiger partial charge < -0.3 is 10.2 Å². The van der Waals surface area contributed by atoms with E-state index >= 15 is 0 Å². The molecule has 3 rings (SSSR count). The molecule has 0 saturated heterocycles. The van der Waals surface area contributed by atoms with E-state index in [1.54, 1.807) is 11.4 Å². The van der Waals surface area contributed by atoms with E-state index in [9.17, 15) is 14.7 Å². The van der Waals surface area contributed by atoms with Crippen LogP contribution in [0.25, 0.3) is 11.4 Å². The molecule has 0 unspecified atom stereocenters. The molecule has 0 aliphatic rings. The van der Waals surface area contributed by atoms with Crippen molar-refractivity contribution in [1.82, 2.24) is 14.6 Å². The highest BCUT2D eigenvalue weighted by Gasteiger charge is 2.14. The molecule has 26 heavy (non-hydrogen) atoms. The molecule has 134 valence electrons. The van der Waals surface area contributed by atoms with Gasteiger partial charge in [-0.2, -0.15) is 5.10 Å². The maximum Gasteiger partial charge on any atom is 0.303 e. The minimum Gasteiger partial charge on any atom is -0.511 e. The molecule has 2 heterocycles. The molecule has 0 radical (unpaired) electrons. The first-order valence-electron chi connectivity index (χ1n) is 8.33. The third-order valence-electron chi connectivity index (χ3n) is 4.13. The van der Waals surface area contributed by atoms with Gasteiger partial charge in [-0.15, -0.1) is 0 Å². The number of hydrogen-bond donors (Lipinski definition) is 2. The number of carboxylic acids is 1. The first kappa shape index (κ1) is 17.6. The van der Waals surface area contributed by atoms with Gasteiger partial charge in [-0.3, -0.25) is 9.59 Å². The van der Waals surface area contributed by atoms with E-state index in [2.05, 4.69) is 10.1 Å². The number of rotatable bonds is 6. The molecule has 0 spiro atoms. The monoisotopic (exact) mass is 353 g/mol. The average Bonchev–Trinajstić information content (AvgIpc) is 2.99. The lowest BCUT2D eigenvalue weighted by molar-refractivity contribution is -0.136. The molecule has 0 aliphatic carbocycles. The van der Waals surface area contributed by atoms with Crippen molar-refractivity contribution in [3.05, 3.63) is 68.9 Å². The summed E-state index contributed by atoms with van der Waals surface area (Å²) in [4.78, 5) is 27.5. The number of pyridine rings is 1. The Kier molecular flexibility index (Phi) is 4.97. The number of aliphatic hydroxyl groups is 1. The van der Waals surface area contributed by atoms with Crippen LogP contribution in [0.2, 0.25) is 0 Å². The van der Waals surface area contributed by atoms with Gasteiger partial charge in [0.05, 0.1) is 6.42 Å². The van der Waals surface area contributed by atoms with E-state index in [1.807, 2.05) is 30.3 Å². The lowest BCUT2D eigenvalue weighted by Gasteiger charge is -2.05. The summed E-state index contributed by atoms with van der Waals surface area (Å²) in [7, 11) is 0. The zero-order valence-electron chi connectivity index (χ0n) is 14.3. The number of benzene rings is 1. The molecule has 3 aromatic rings. The summed E-state index contributed by atoms with van der Waals surface area (Å²) < 4.78 is 1.56. The van der Waals surface area contributed by atoms with E-state index in [-0.39, 0.29) is 34.9 Å². The Balaban J connectivity index is 2.05. The topological polar surface area (TPSA) is 105 Å². The van der Waals surface area contributed by atoms with Crippen LogP contribution in [0.5, 0.6) is 0 Å². The van der Waals surface area contributed by atoms with Gasteiger partial charge in [0, 0.05) is 18.2 Å². The molecule has 7 heteroatoms. The summed E-state index contributed by atoms with van der Waals surface area (Å²) in [5.41, 5.74) is 1.73. The fourth-order valence-corrected chi connectivity index (χ4v) is 2.89. The first-order valence-corrected chi connectivity index (χ1v) is 8.33. The summed E-state index contributed by atoms with van der Waals surface area (Å²) in [5, 5.41) is 23.4. The van der Waals surface area contributed by atoms with Crippen LogP contribution in [0.1, 0.15) is 29.9 Å². The van der Waals surface area contributed by atoms with Crippen molar-refractivity contribution in [1.29, 1.82) is 0 Å². The number of nitrogens with zero attached hydrogens (tertiary/aromatic N) is 3. The summed E-state index contributed by atoms with van der Waals surface area (Å²) in [6.45, 7) is 1.70. The molecule has 2 aromatic heterocycles. The van der Waals surface area contributed by atoms with Crippen LogP contribution in [0.15, 0.2) is 41.2 Å². The Morgan fingerprint density at radius 1 is 1.12 bits per heavy atom. The zero-order chi connectivity index (χ0) is 18.7. The van der Waals surface area contributed by atoms with Crippen molar-refractivity contribution in [2.45, 2.75) is 32.6 Å². The van der Waals surface area contributed by atoms with Crippen molar-refractivity contribution < 1.29 is 15.0 Å². The van der Waals surface area contributed by atoms with Crippen molar-refractivity contribution in [2.24, 2.45) is 0 Å². The highest BCUT2D eigenvalue weighted by Crippen LogP contribution is 2.08. The predicted octanol–water partition coefficient (Wildman–Crippen LogP) is 1.43. The molecule has 7 nitrogen and oxygen atoms in total.